The quantitative estimate of drug-likeness (QED) is 0.765. The van der Waals surface area contributed by atoms with Crippen molar-refractivity contribution in [2.75, 3.05) is 7.11 Å². The van der Waals surface area contributed by atoms with Crippen LogP contribution in [0.3, 0.4) is 0 Å². The molecule has 1 unspecified atom stereocenters. The Hall–Kier alpha value is -1.22. The number of phenols is 1. The van der Waals surface area contributed by atoms with Gasteiger partial charge in [-0.25, -0.2) is 0 Å². The molecule has 3 heteroatoms. The van der Waals surface area contributed by atoms with Gasteiger partial charge in [0, 0.05) is 12.6 Å². The van der Waals surface area contributed by atoms with Crippen molar-refractivity contribution in [1.29, 1.82) is 0 Å². The van der Waals surface area contributed by atoms with E-state index in [1.165, 1.54) is 12.8 Å². The Morgan fingerprint density at radius 2 is 2.12 bits per heavy atom. The lowest BCUT2D eigenvalue weighted by Gasteiger charge is -2.16. The number of methoxy groups -OCH3 is 1. The minimum absolute atomic E-state index is 0.192. The maximum atomic E-state index is 9.50. The molecule has 17 heavy (non-hydrogen) atoms. The number of benzene rings is 1. The largest absolute Gasteiger partial charge is 0.504 e. The first-order valence-corrected chi connectivity index (χ1v) is 6.30. The van der Waals surface area contributed by atoms with Gasteiger partial charge >= 0.3 is 0 Å². The Morgan fingerprint density at radius 1 is 1.35 bits per heavy atom. The van der Waals surface area contributed by atoms with E-state index < -0.39 is 0 Å². The van der Waals surface area contributed by atoms with E-state index in [1.54, 1.807) is 13.2 Å². The van der Waals surface area contributed by atoms with Gasteiger partial charge < -0.3 is 15.2 Å². The Kier molecular flexibility index (Phi) is 5.84. The third kappa shape index (κ3) is 4.27. The van der Waals surface area contributed by atoms with Crippen LogP contribution in [-0.4, -0.2) is 18.3 Å². The normalized spacial score (nSPS) is 12.4. The zero-order valence-electron chi connectivity index (χ0n) is 11.0. The summed E-state index contributed by atoms with van der Waals surface area (Å²) in [7, 11) is 1.57. The second-order valence-corrected chi connectivity index (χ2v) is 4.28. The molecule has 0 aliphatic carbocycles. The molecule has 96 valence electrons. The average Bonchev–Trinajstić information content (AvgIpc) is 2.36. The van der Waals surface area contributed by atoms with Crippen LogP contribution in [0.4, 0.5) is 0 Å². The molecule has 0 aliphatic heterocycles. The molecular weight excluding hydrogens is 214 g/mol. The van der Waals surface area contributed by atoms with E-state index in [4.69, 9.17) is 4.74 Å². The molecule has 1 aromatic carbocycles. The highest BCUT2D eigenvalue weighted by Gasteiger charge is 2.06. The number of phenolic OH excluding ortho intramolecular Hbond substituents is 1. The number of hydrogen-bond donors (Lipinski definition) is 2. The molecule has 1 rings (SSSR count). The van der Waals surface area contributed by atoms with Crippen LogP contribution in [0.25, 0.3) is 0 Å². The summed E-state index contributed by atoms with van der Waals surface area (Å²) in [6.07, 6.45) is 3.54. The maximum Gasteiger partial charge on any atom is 0.160 e. The Morgan fingerprint density at radius 3 is 2.71 bits per heavy atom. The molecule has 0 spiro atoms. The van der Waals surface area contributed by atoms with Gasteiger partial charge in [0.15, 0.2) is 11.5 Å². The molecule has 1 atom stereocenters. The first-order chi connectivity index (χ1) is 8.21. The zero-order valence-corrected chi connectivity index (χ0v) is 11.0. The molecule has 1 aromatic rings. The summed E-state index contributed by atoms with van der Waals surface area (Å²) >= 11 is 0. The van der Waals surface area contributed by atoms with Gasteiger partial charge in [0.25, 0.3) is 0 Å². The lowest BCUT2D eigenvalue weighted by atomic mass is 10.1. The Bertz CT molecular complexity index is 339. The van der Waals surface area contributed by atoms with Crippen molar-refractivity contribution in [3.05, 3.63) is 23.8 Å². The molecule has 3 nitrogen and oxygen atoms in total. The second kappa shape index (κ2) is 7.17. The van der Waals surface area contributed by atoms with Crippen LogP contribution in [0.15, 0.2) is 18.2 Å². The fraction of sp³-hybridized carbons (Fsp3) is 0.571. The predicted octanol–water partition coefficient (Wildman–Crippen LogP) is 3.07. The van der Waals surface area contributed by atoms with Crippen LogP contribution >= 0.6 is 0 Å². The molecule has 0 fully saturated rings. The van der Waals surface area contributed by atoms with E-state index in [-0.39, 0.29) is 5.75 Å². The number of hydrogen-bond acceptors (Lipinski definition) is 3. The first kappa shape index (κ1) is 13.8. The SMILES string of the molecule is CCCC(CC)NCc1ccc(O)c(OC)c1. The van der Waals surface area contributed by atoms with E-state index in [0.717, 1.165) is 18.5 Å². The third-order valence-corrected chi connectivity index (χ3v) is 2.97. The van der Waals surface area contributed by atoms with Gasteiger partial charge in [0.1, 0.15) is 0 Å². The van der Waals surface area contributed by atoms with Crippen molar-refractivity contribution in [2.45, 2.75) is 45.7 Å². The van der Waals surface area contributed by atoms with Gasteiger partial charge in [-0.3, -0.25) is 0 Å². The summed E-state index contributed by atoms with van der Waals surface area (Å²) < 4.78 is 5.09. The highest BCUT2D eigenvalue weighted by molar-refractivity contribution is 5.41. The molecule has 0 aliphatic rings. The molecular formula is C14H23NO2. The standard InChI is InChI=1S/C14H23NO2/c1-4-6-12(5-2)15-10-11-7-8-13(16)14(9-11)17-3/h7-9,12,15-16H,4-6,10H2,1-3H3. The number of nitrogens with one attached hydrogen (secondary N) is 1. The zero-order chi connectivity index (χ0) is 12.7. The van der Waals surface area contributed by atoms with Crippen molar-refractivity contribution >= 4 is 0 Å². The minimum Gasteiger partial charge on any atom is -0.504 e. The summed E-state index contributed by atoms with van der Waals surface area (Å²) in [6, 6.07) is 6.04. The van der Waals surface area contributed by atoms with Crippen LogP contribution in [0.2, 0.25) is 0 Å². The second-order valence-electron chi connectivity index (χ2n) is 4.28. The van der Waals surface area contributed by atoms with Gasteiger partial charge in [-0.2, -0.15) is 0 Å². The molecule has 0 saturated carbocycles. The molecule has 0 bridgehead atoms. The summed E-state index contributed by atoms with van der Waals surface area (Å²) in [5.74, 6) is 0.727. The summed E-state index contributed by atoms with van der Waals surface area (Å²) in [5, 5.41) is 13.0. The third-order valence-electron chi connectivity index (χ3n) is 2.97. The molecule has 0 saturated heterocycles. The van der Waals surface area contributed by atoms with Gasteiger partial charge in [-0.15, -0.1) is 0 Å². The fourth-order valence-electron chi connectivity index (χ4n) is 1.89. The van der Waals surface area contributed by atoms with Crippen LogP contribution in [-0.2, 0) is 6.54 Å². The van der Waals surface area contributed by atoms with E-state index >= 15 is 0 Å². The molecule has 2 N–H and O–H groups in total. The fourth-order valence-corrected chi connectivity index (χ4v) is 1.89. The van der Waals surface area contributed by atoms with Crippen molar-refractivity contribution < 1.29 is 9.84 Å². The molecule has 0 heterocycles. The summed E-state index contributed by atoms with van der Waals surface area (Å²) in [5.41, 5.74) is 1.13. The predicted molar refractivity (Wildman–Crippen MR) is 70.5 cm³/mol. The number of rotatable bonds is 7. The molecule has 0 amide bonds. The Labute approximate surface area is 104 Å². The van der Waals surface area contributed by atoms with Crippen LogP contribution in [0, 0.1) is 0 Å². The molecule has 0 radical (unpaired) electrons. The van der Waals surface area contributed by atoms with Crippen LogP contribution in [0.1, 0.15) is 38.7 Å². The average molecular weight is 237 g/mol. The topological polar surface area (TPSA) is 41.5 Å². The van der Waals surface area contributed by atoms with Crippen molar-refractivity contribution in [3.8, 4) is 11.5 Å². The van der Waals surface area contributed by atoms with Crippen molar-refractivity contribution in [3.63, 3.8) is 0 Å². The van der Waals surface area contributed by atoms with Crippen molar-refractivity contribution in [2.24, 2.45) is 0 Å². The van der Waals surface area contributed by atoms with E-state index in [9.17, 15) is 5.11 Å². The van der Waals surface area contributed by atoms with Gasteiger partial charge in [0.2, 0.25) is 0 Å². The van der Waals surface area contributed by atoms with Gasteiger partial charge in [-0.1, -0.05) is 26.3 Å². The molecule has 0 aromatic heterocycles. The van der Waals surface area contributed by atoms with E-state index in [0.29, 0.717) is 11.8 Å². The van der Waals surface area contributed by atoms with Crippen molar-refractivity contribution in [1.82, 2.24) is 5.32 Å². The first-order valence-electron chi connectivity index (χ1n) is 6.30. The number of ether oxygens (including phenoxy) is 1. The lowest BCUT2D eigenvalue weighted by Crippen LogP contribution is -2.27. The smallest absolute Gasteiger partial charge is 0.160 e. The summed E-state index contributed by atoms with van der Waals surface area (Å²) in [4.78, 5) is 0. The highest BCUT2D eigenvalue weighted by Crippen LogP contribution is 2.26. The minimum atomic E-state index is 0.192. The number of aromatic hydroxyl groups is 1. The van der Waals surface area contributed by atoms with E-state index in [1.807, 2.05) is 12.1 Å². The Balaban J connectivity index is 2.56. The highest BCUT2D eigenvalue weighted by atomic mass is 16.5. The van der Waals surface area contributed by atoms with Crippen LogP contribution in [0.5, 0.6) is 11.5 Å². The lowest BCUT2D eigenvalue weighted by molar-refractivity contribution is 0.372. The van der Waals surface area contributed by atoms with Gasteiger partial charge in [0.05, 0.1) is 7.11 Å². The monoisotopic (exact) mass is 237 g/mol. The summed E-state index contributed by atoms with van der Waals surface area (Å²) in [6.45, 7) is 5.22. The van der Waals surface area contributed by atoms with E-state index in [2.05, 4.69) is 19.2 Å². The maximum absolute atomic E-state index is 9.50. The van der Waals surface area contributed by atoms with Gasteiger partial charge in [-0.05, 0) is 30.5 Å². The van der Waals surface area contributed by atoms with Crippen LogP contribution < -0.4 is 10.1 Å².